The molecular formula is C29H32N6O4S. The van der Waals surface area contributed by atoms with Crippen LogP contribution in [0.1, 0.15) is 42.3 Å². The number of carbonyl (C=O) groups is 1. The lowest BCUT2D eigenvalue weighted by Crippen LogP contribution is -2.37. The van der Waals surface area contributed by atoms with Gasteiger partial charge in [-0.05, 0) is 56.0 Å². The first-order valence-corrected chi connectivity index (χ1v) is 14.6. The average Bonchev–Trinajstić information content (AvgIpc) is 3.34. The molecule has 0 radical (unpaired) electrons. The van der Waals surface area contributed by atoms with Gasteiger partial charge >= 0.3 is 0 Å². The molecule has 2 N–H and O–H groups in total. The summed E-state index contributed by atoms with van der Waals surface area (Å²) >= 11 is 0. The van der Waals surface area contributed by atoms with E-state index in [2.05, 4.69) is 34.0 Å². The maximum Gasteiger partial charge on any atom is 0.264 e. The van der Waals surface area contributed by atoms with Crippen LogP contribution in [0.5, 0.6) is 5.88 Å². The predicted octanol–water partition coefficient (Wildman–Crippen LogP) is 4.59. The van der Waals surface area contributed by atoms with Crippen molar-refractivity contribution in [2.24, 2.45) is 5.92 Å². The standard InChI is InChI=1S/C29H32N6O4S/c1-17(2)14-35-15-22(13-30-35)25-26(24-18(3)8-6-9-19(24)4)32-29-33-28(25)39-16-20(5)31-27(36)21-10-7-11-23(12-21)40(37,38)34-29/h6-13,15,17,20H,14,16H2,1-5H3,(H,31,36)(H,32,33,34)/t20-/m1/s1. The first-order valence-electron chi connectivity index (χ1n) is 13.1. The second-order valence-electron chi connectivity index (χ2n) is 10.5. The molecule has 0 saturated heterocycles. The van der Waals surface area contributed by atoms with E-state index in [1.807, 2.05) is 49.8 Å². The van der Waals surface area contributed by atoms with E-state index in [1.54, 1.807) is 12.3 Å². The quantitative estimate of drug-likeness (QED) is 0.374. The Morgan fingerprint density at radius 2 is 1.77 bits per heavy atom. The number of carbonyl (C=O) groups excluding carboxylic acids is 1. The highest BCUT2D eigenvalue weighted by Crippen LogP contribution is 2.40. The number of hydrogen-bond acceptors (Lipinski definition) is 7. The zero-order valence-corrected chi connectivity index (χ0v) is 23.9. The molecule has 5 rings (SSSR count). The molecule has 4 bridgehead atoms. The Bertz CT molecular complexity index is 1680. The van der Waals surface area contributed by atoms with Crippen molar-refractivity contribution in [1.82, 2.24) is 25.1 Å². The SMILES string of the molecule is Cc1cccc(C)c1-c1nc2nc(c1-c1cnn(CC(C)C)c1)OC[C@@H](C)NC(=O)c1cccc(c1)S(=O)(=O)N2. The Morgan fingerprint density at radius 3 is 2.50 bits per heavy atom. The van der Waals surface area contributed by atoms with Crippen molar-refractivity contribution >= 4 is 21.9 Å². The fourth-order valence-electron chi connectivity index (χ4n) is 4.72. The molecule has 4 aromatic rings. The number of rotatable bonds is 4. The van der Waals surface area contributed by atoms with Crippen molar-refractivity contribution in [1.29, 1.82) is 0 Å². The van der Waals surface area contributed by atoms with E-state index in [1.165, 1.54) is 18.2 Å². The Hall–Kier alpha value is -4.25. The van der Waals surface area contributed by atoms with Crippen LogP contribution >= 0.6 is 0 Å². The molecule has 2 aromatic heterocycles. The van der Waals surface area contributed by atoms with E-state index in [4.69, 9.17) is 9.72 Å². The minimum atomic E-state index is -4.13. The van der Waals surface area contributed by atoms with Gasteiger partial charge in [0.05, 0.1) is 28.4 Å². The van der Waals surface area contributed by atoms with E-state index in [9.17, 15) is 13.2 Å². The van der Waals surface area contributed by atoms with Crippen LogP contribution in [0.4, 0.5) is 5.95 Å². The third-order valence-electron chi connectivity index (χ3n) is 6.55. The molecule has 0 spiro atoms. The largest absolute Gasteiger partial charge is 0.475 e. The summed E-state index contributed by atoms with van der Waals surface area (Å²) in [5.41, 5.74) is 4.81. The first kappa shape index (κ1) is 27.3. The molecule has 1 aliphatic heterocycles. The third kappa shape index (κ3) is 5.55. The van der Waals surface area contributed by atoms with Crippen LogP contribution in [0, 0.1) is 19.8 Å². The van der Waals surface area contributed by atoms with Gasteiger partial charge in [-0.25, -0.2) is 18.1 Å². The van der Waals surface area contributed by atoms with Crippen LogP contribution in [0.15, 0.2) is 59.8 Å². The van der Waals surface area contributed by atoms with E-state index in [0.29, 0.717) is 17.2 Å². The fourth-order valence-corrected chi connectivity index (χ4v) is 5.71. The van der Waals surface area contributed by atoms with Crippen molar-refractivity contribution in [2.75, 3.05) is 11.3 Å². The van der Waals surface area contributed by atoms with Gasteiger partial charge in [0, 0.05) is 29.4 Å². The second kappa shape index (κ2) is 10.7. The topological polar surface area (TPSA) is 128 Å². The minimum absolute atomic E-state index is 0.0780. The summed E-state index contributed by atoms with van der Waals surface area (Å²) in [6.45, 7) is 10.8. The summed E-state index contributed by atoms with van der Waals surface area (Å²) in [4.78, 5) is 22.1. The maximum absolute atomic E-state index is 13.4. The van der Waals surface area contributed by atoms with Crippen LogP contribution in [-0.4, -0.2) is 46.7 Å². The van der Waals surface area contributed by atoms with Crippen LogP contribution in [0.3, 0.4) is 0 Å². The normalized spacial score (nSPS) is 16.6. The van der Waals surface area contributed by atoms with Crippen LogP contribution < -0.4 is 14.8 Å². The lowest BCUT2D eigenvalue weighted by atomic mass is 9.95. The summed E-state index contributed by atoms with van der Waals surface area (Å²) < 4.78 is 37.4. The van der Waals surface area contributed by atoms with Gasteiger partial charge in [-0.3, -0.25) is 9.48 Å². The Labute approximate surface area is 233 Å². The summed E-state index contributed by atoms with van der Waals surface area (Å²) in [7, 11) is -4.13. The van der Waals surface area contributed by atoms with Crippen molar-refractivity contribution in [3.8, 4) is 28.3 Å². The van der Waals surface area contributed by atoms with Gasteiger partial charge in [-0.2, -0.15) is 10.1 Å². The number of hydrogen-bond donors (Lipinski definition) is 2. The molecule has 0 aliphatic carbocycles. The Balaban J connectivity index is 1.76. The van der Waals surface area contributed by atoms with Crippen molar-refractivity contribution in [3.63, 3.8) is 0 Å². The van der Waals surface area contributed by atoms with E-state index < -0.39 is 22.0 Å². The van der Waals surface area contributed by atoms with E-state index >= 15 is 0 Å². The molecule has 0 unspecified atom stereocenters. The summed E-state index contributed by atoms with van der Waals surface area (Å²) in [5.74, 6) is 0.0204. The monoisotopic (exact) mass is 560 g/mol. The summed E-state index contributed by atoms with van der Waals surface area (Å²) in [6, 6.07) is 11.3. The smallest absolute Gasteiger partial charge is 0.264 e. The molecular weight excluding hydrogens is 528 g/mol. The van der Waals surface area contributed by atoms with Gasteiger partial charge in [0.25, 0.3) is 15.9 Å². The van der Waals surface area contributed by atoms with Crippen LogP contribution in [0.2, 0.25) is 0 Å². The molecule has 0 fully saturated rings. The van der Waals surface area contributed by atoms with Crippen LogP contribution in [0.25, 0.3) is 22.4 Å². The molecule has 1 amide bonds. The summed E-state index contributed by atoms with van der Waals surface area (Å²) in [5, 5.41) is 7.42. The number of aryl methyl sites for hydroxylation is 2. The predicted molar refractivity (Wildman–Crippen MR) is 153 cm³/mol. The van der Waals surface area contributed by atoms with Crippen molar-refractivity contribution in [2.45, 2.75) is 52.1 Å². The van der Waals surface area contributed by atoms with Gasteiger partial charge in [0.15, 0.2) is 0 Å². The van der Waals surface area contributed by atoms with Gasteiger partial charge < -0.3 is 10.1 Å². The molecule has 2 aromatic carbocycles. The minimum Gasteiger partial charge on any atom is -0.475 e. The number of nitrogens with zero attached hydrogens (tertiary/aromatic N) is 4. The van der Waals surface area contributed by atoms with E-state index in [-0.39, 0.29) is 28.9 Å². The number of sulfonamides is 1. The molecule has 11 heteroatoms. The van der Waals surface area contributed by atoms with Gasteiger partial charge in [0.2, 0.25) is 11.8 Å². The van der Waals surface area contributed by atoms with Gasteiger partial charge in [-0.1, -0.05) is 38.1 Å². The maximum atomic E-state index is 13.4. The summed E-state index contributed by atoms with van der Waals surface area (Å²) in [6.07, 6.45) is 3.65. The molecule has 3 heterocycles. The Morgan fingerprint density at radius 1 is 1.05 bits per heavy atom. The average molecular weight is 561 g/mol. The first-order chi connectivity index (χ1) is 19.0. The number of aromatic nitrogens is 4. The Kier molecular flexibility index (Phi) is 7.33. The number of fused-ring (bicyclic) bond motifs is 4. The van der Waals surface area contributed by atoms with Crippen LogP contribution in [-0.2, 0) is 16.6 Å². The van der Waals surface area contributed by atoms with Gasteiger partial charge in [0.1, 0.15) is 6.61 Å². The number of ether oxygens (including phenoxy) is 1. The highest BCUT2D eigenvalue weighted by atomic mass is 32.2. The number of anilines is 1. The van der Waals surface area contributed by atoms with E-state index in [0.717, 1.165) is 28.8 Å². The molecule has 1 aliphatic rings. The zero-order chi connectivity index (χ0) is 28.6. The fraction of sp³-hybridized carbons (Fsp3) is 0.310. The molecule has 40 heavy (non-hydrogen) atoms. The molecule has 1 atom stereocenters. The van der Waals surface area contributed by atoms with Crippen molar-refractivity contribution in [3.05, 3.63) is 71.5 Å². The lowest BCUT2D eigenvalue weighted by molar-refractivity contribution is 0.0925. The lowest BCUT2D eigenvalue weighted by Gasteiger charge is -2.19. The van der Waals surface area contributed by atoms with Gasteiger partial charge in [-0.15, -0.1) is 0 Å². The number of amides is 1. The molecule has 0 saturated carbocycles. The highest BCUT2D eigenvalue weighted by Gasteiger charge is 2.26. The number of nitrogens with one attached hydrogen (secondary N) is 2. The molecule has 208 valence electrons. The second-order valence-corrected chi connectivity index (χ2v) is 12.2. The zero-order valence-electron chi connectivity index (χ0n) is 23.1. The third-order valence-corrected chi connectivity index (χ3v) is 7.87. The molecule has 10 nitrogen and oxygen atoms in total. The van der Waals surface area contributed by atoms with Crippen molar-refractivity contribution < 1.29 is 17.9 Å². The number of benzene rings is 2. The highest BCUT2D eigenvalue weighted by molar-refractivity contribution is 7.92.